The summed E-state index contributed by atoms with van der Waals surface area (Å²) >= 11 is 6.04. The van der Waals surface area contributed by atoms with E-state index in [0.717, 1.165) is 11.1 Å². The fraction of sp³-hybridized carbons (Fsp3) is 0.133. The minimum absolute atomic E-state index is 0.343. The molecule has 0 aromatic heterocycles. The molecule has 2 rings (SSSR count). The Morgan fingerprint density at radius 1 is 1.10 bits per heavy atom. The topological polar surface area (TPSA) is 78.3 Å². The van der Waals surface area contributed by atoms with Crippen molar-refractivity contribution in [1.82, 2.24) is 0 Å². The van der Waals surface area contributed by atoms with Crippen LogP contribution in [0.25, 0.3) is 0 Å². The van der Waals surface area contributed by atoms with Gasteiger partial charge < -0.3 is 16.2 Å². The van der Waals surface area contributed by atoms with Crippen molar-refractivity contribution >= 4 is 23.2 Å². The Labute approximate surface area is 122 Å². The fourth-order valence-electron chi connectivity index (χ4n) is 1.77. The predicted molar refractivity (Wildman–Crippen MR) is 79.3 cm³/mol. The van der Waals surface area contributed by atoms with Crippen LogP contribution in [-0.4, -0.2) is 5.91 Å². The molecule has 0 aliphatic carbocycles. The van der Waals surface area contributed by atoms with Crippen LogP contribution in [0.5, 0.6) is 0 Å². The number of anilines is 1. The Morgan fingerprint density at radius 3 is 2.45 bits per heavy atom. The molecular weight excluding hydrogens is 276 g/mol. The van der Waals surface area contributed by atoms with Crippen LogP contribution in [0.1, 0.15) is 21.5 Å². The van der Waals surface area contributed by atoms with Gasteiger partial charge >= 0.3 is 0 Å². The lowest BCUT2D eigenvalue weighted by molar-refractivity contribution is 0.0999. The van der Waals surface area contributed by atoms with Crippen LogP contribution in [0, 0.1) is 0 Å². The minimum atomic E-state index is -0.500. The molecule has 0 aliphatic heterocycles. The van der Waals surface area contributed by atoms with Gasteiger partial charge in [-0.3, -0.25) is 4.79 Å². The summed E-state index contributed by atoms with van der Waals surface area (Å²) in [6.45, 7) is 0.743. The Kier molecular flexibility index (Phi) is 4.61. The van der Waals surface area contributed by atoms with Gasteiger partial charge in [-0.25, -0.2) is 0 Å². The van der Waals surface area contributed by atoms with Crippen molar-refractivity contribution in [2.24, 2.45) is 5.73 Å². The number of primary amides is 1. The lowest BCUT2D eigenvalue weighted by atomic mass is 10.1. The van der Waals surface area contributed by atoms with Crippen molar-refractivity contribution in [2.45, 2.75) is 13.2 Å². The second-order valence-corrected chi connectivity index (χ2v) is 4.77. The van der Waals surface area contributed by atoms with E-state index in [0.29, 0.717) is 29.5 Å². The average Bonchev–Trinajstić information content (AvgIpc) is 2.42. The fourth-order valence-corrected chi connectivity index (χ4v) is 1.96. The van der Waals surface area contributed by atoms with Crippen molar-refractivity contribution in [1.29, 1.82) is 0 Å². The summed E-state index contributed by atoms with van der Waals surface area (Å²) in [6.07, 6.45) is 0. The van der Waals surface area contributed by atoms with Crippen LogP contribution >= 0.6 is 11.6 Å². The van der Waals surface area contributed by atoms with E-state index in [9.17, 15) is 4.79 Å². The second kappa shape index (κ2) is 6.41. The lowest BCUT2D eigenvalue weighted by Crippen LogP contribution is -2.11. The van der Waals surface area contributed by atoms with E-state index in [1.807, 2.05) is 24.3 Å². The third kappa shape index (κ3) is 3.50. The van der Waals surface area contributed by atoms with E-state index in [1.165, 1.54) is 0 Å². The maximum Gasteiger partial charge on any atom is 0.248 e. The molecule has 20 heavy (non-hydrogen) atoms. The highest BCUT2D eigenvalue weighted by Gasteiger charge is 2.06. The smallest absolute Gasteiger partial charge is 0.248 e. The molecule has 2 aromatic carbocycles. The molecule has 0 fully saturated rings. The number of rotatable bonds is 5. The third-order valence-corrected chi connectivity index (χ3v) is 3.27. The summed E-state index contributed by atoms with van der Waals surface area (Å²) in [5.41, 5.74) is 13.6. The van der Waals surface area contributed by atoms with E-state index < -0.39 is 5.91 Å². The number of halogens is 1. The molecule has 5 heteroatoms. The van der Waals surface area contributed by atoms with Crippen LogP contribution in [0.15, 0.2) is 42.5 Å². The van der Waals surface area contributed by atoms with Crippen molar-refractivity contribution in [3.8, 4) is 0 Å². The van der Waals surface area contributed by atoms with Gasteiger partial charge in [0.25, 0.3) is 0 Å². The number of benzene rings is 2. The molecule has 104 valence electrons. The van der Waals surface area contributed by atoms with Gasteiger partial charge in [0.15, 0.2) is 0 Å². The third-order valence-electron chi connectivity index (χ3n) is 2.90. The van der Waals surface area contributed by atoms with Gasteiger partial charge in [0.2, 0.25) is 5.91 Å². The Morgan fingerprint density at radius 2 is 1.80 bits per heavy atom. The number of ether oxygens (including phenoxy) is 1. The first-order valence-corrected chi connectivity index (χ1v) is 6.45. The van der Waals surface area contributed by atoms with E-state index in [4.69, 9.17) is 27.8 Å². The van der Waals surface area contributed by atoms with Crippen LogP contribution in [0.2, 0.25) is 5.02 Å². The first-order valence-electron chi connectivity index (χ1n) is 6.07. The van der Waals surface area contributed by atoms with Gasteiger partial charge in [-0.15, -0.1) is 0 Å². The lowest BCUT2D eigenvalue weighted by Gasteiger charge is -2.09. The van der Waals surface area contributed by atoms with Gasteiger partial charge in [-0.05, 0) is 23.8 Å². The van der Waals surface area contributed by atoms with Gasteiger partial charge in [-0.1, -0.05) is 35.9 Å². The molecule has 0 radical (unpaired) electrons. The van der Waals surface area contributed by atoms with E-state index in [1.54, 1.807) is 18.2 Å². The summed E-state index contributed by atoms with van der Waals surface area (Å²) in [7, 11) is 0. The number of hydrogen-bond acceptors (Lipinski definition) is 3. The van der Waals surface area contributed by atoms with E-state index >= 15 is 0 Å². The van der Waals surface area contributed by atoms with E-state index in [-0.39, 0.29) is 0 Å². The maximum absolute atomic E-state index is 11.0. The molecule has 0 spiro atoms. The Balaban J connectivity index is 1.98. The number of amides is 1. The molecular formula is C15H15ClN2O2. The minimum Gasteiger partial charge on any atom is -0.398 e. The van der Waals surface area contributed by atoms with Crippen LogP contribution in [-0.2, 0) is 18.0 Å². The van der Waals surface area contributed by atoms with Gasteiger partial charge in [0, 0.05) is 21.8 Å². The SMILES string of the molecule is NC(=O)c1ccc(COCc2ccccc2Cl)c(N)c1. The summed E-state index contributed by atoms with van der Waals surface area (Å²) < 4.78 is 5.59. The Hall–Kier alpha value is -2.04. The predicted octanol–water partition coefficient (Wildman–Crippen LogP) is 2.74. The number of hydrogen-bond donors (Lipinski definition) is 2. The molecule has 0 atom stereocenters. The standard InChI is InChI=1S/C15H15ClN2O2/c16-13-4-2-1-3-11(13)8-20-9-12-6-5-10(15(18)19)7-14(12)17/h1-7H,8-9,17H2,(H2,18,19). The van der Waals surface area contributed by atoms with Gasteiger partial charge in [-0.2, -0.15) is 0 Å². The number of carbonyl (C=O) groups excluding carboxylic acids is 1. The monoisotopic (exact) mass is 290 g/mol. The molecule has 0 aliphatic rings. The first-order chi connectivity index (χ1) is 9.58. The van der Waals surface area contributed by atoms with Crippen molar-refractivity contribution < 1.29 is 9.53 Å². The zero-order chi connectivity index (χ0) is 14.5. The van der Waals surface area contributed by atoms with Crippen molar-refractivity contribution in [3.63, 3.8) is 0 Å². The molecule has 0 saturated carbocycles. The van der Waals surface area contributed by atoms with Crippen molar-refractivity contribution in [2.75, 3.05) is 5.73 Å². The molecule has 4 N–H and O–H groups in total. The summed E-state index contributed by atoms with van der Waals surface area (Å²) in [5, 5.41) is 0.671. The summed E-state index contributed by atoms with van der Waals surface area (Å²) in [4.78, 5) is 11.0. The molecule has 4 nitrogen and oxygen atoms in total. The Bertz CT molecular complexity index is 629. The molecule has 0 unspecified atom stereocenters. The van der Waals surface area contributed by atoms with E-state index in [2.05, 4.69) is 0 Å². The number of nitrogen functional groups attached to an aromatic ring is 1. The highest BCUT2D eigenvalue weighted by Crippen LogP contribution is 2.19. The molecule has 0 saturated heterocycles. The summed E-state index contributed by atoms with van der Waals surface area (Å²) in [5.74, 6) is -0.500. The largest absolute Gasteiger partial charge is 0.398 e. The first kappa shape index (κ1) is 14.4. The quantitative estimate of drug-likeness (QED) is 0.831. The van der Waals surface area contributed by atoms with Crippen LogP contribution in [0.4, 0.5) is 5.69 Å². The normalized spacial score (nSPS) is 10.4. The molecule has 1 amide bonds. The van der Waals surface area contributed by atoms with Gasteiger partial charge in [0.05, 0.1) is 13.2 Å². The highest BCUT2D eigenvalue weighted by atomic mass is 35.5. The average molecular weight is 291 g/mol. The zero-order valence-corrected chi connectivity index (χ0v) is 11.6. The van der Waals surface area contributed by atoms with Crippen LogP contribution < -0.4 is 11.5 Å². The number of carbonyl (C=O) groups is 1. The molecule has 0 bridgehead atoms. The van der Waals surface area contributed by atoms with Crippen molar-refractivity contribution in [3.05, 3.63) is 64.2 Å². The van der Waals surface area contributed by atoms with Gasteiger partial charge in [0.1, 0.15) is 0 Å². The second-order valence-electron chi connectivity index (χ2n) is 4.36. The van der Waals surface area contributed by atoms with Crippen LogP contribution in [0.3, 0.4) is 0 Å². The molecule has 2 aromatic rings. The summed E-state index contributed by atoms with van der Waals surface area (Å²) in [6, 6.07) is 12.4. The highest BCUT2D eigenvalue weighted by molar-refractivity contribution is 6.31. The zero-order valence-electron chi connectivity index (χ0n) is 10.8. The molecule has 0 heterocycles. The maximum atomic E-state index is 11.0. The number of nitrogens with two attached hydrogens (primary N) is 2.